The van der Waals surface area contributed by atoms with Crippen LogP contribution in [0.2, 0.25) is 0 Å². The minimum atomic E-state index is 0.367. The first-order valence-electron chi connectivity index (χ1n) is 8.14. The van der Waals surface area contributed by atoms with Crippen LogP contribution in [0.25, 0.3) is 5.57 Å². The number of allylic oxidation sites excluding steroid dienone is 10. The second kappa shape index (κ2) is 7.83. The van der Waals surface area contributed by atoms with Crippen LogP contribution in [0.5, 0.6) is 0 Å². The van der Waals surface area contributed by atoms with Gasteiger partial charge in [0.25, 0.3) is 0 Å². The Morgan fingerprint density at radius 2 is 1.91 bits per heavy atom. The average molecular weight is 300 g/mol. The molecule has 23 heavy (non-hydrogen) atoms. The summed E-state index contributed by atoms with van der Waals surface area (Å²) >= 11 is 0. The standard InChI is InChI=1S/C22H25B/c1-16(20-8-6-5-7-9-20)10-12-21-14-15-22(13-11-17(2)23)19(4)18(21)3/h5-15,18,21H,1,4,23H2,2-3H3/b12-10-,17-11+,22-13-. The van der Waals surface area contributed by atoms with Crippen LogP contribution >= 0.6 is 0 Å². The zero-order valence-corrected chi connectivity index (χ0v) is 14.4. The maximum absolute atomic E-state index is 4.28. The lowest BCUT2D eigenvalue weighted by Crippen LogP contribution is -2.14. The lowest BCUT2D eigenvalue weighted by Gasteiger charge is -2.26. The van der Waals surface area contributed by atoms with Crippen molar-refractivity contribution in [1.82, 2.24) is 0 Å². The van der Waals surface area contributed by atoms with E-state index in [1.165, 1.54) is 22.2 Å². The first-order chi connectivity index (χ1) is 11.0. The van der Waals surface area contributed by atoms with Gasteiger partial charge in [0.1, 0.15) is 7.85 Å². The van der Waals surface area contributed by atoms with E-state index in [-0.39, 0.29) is 0 Å². The van der Waals surface area contributed by atoms with Crippen LogP contribution in [-0.4, -0.2) is 7.85 Å². The molecule has 116 valence electrons. The summed E-state index contributed by atoms with van der Waals surface area (Å²) in [5.41, 5.74) is 5.93. The molecular formula is C22H25B. The van der Waals surface area contributed by atoms with E-state index in [0.29, 0.717) is 11.8 Å². The molecule has 0 bridgehead atoms. The lowest BCUT2D eigenvalue weighted by molar-refractivity contribution is 0.576. The lowest BCUT2D eigenvalue weighted by atomic mass is 9.78. The molecule has 0 heterocycles. The zero-order valence-electron chi connectivity index (χ0n) is 14.4. The van der Waals surface area contributed by atoms with Crippen LogP contribution in [0.4, 0.5) is 0 Å². The SMILES string of the molecule is B/C(C)=C/C=C1/C=CC(/C=C\C(=C)c2ccccc2)C(C)C1=C. The molecule has 1 aliphatic carbocycles. The summed E-state index contributed by atoms with van der Waals surface area (Å²) in [4.78, 5) is 0. The molecule has 0 nitrogen and oxygen atoms in total. The van der Waals surface area contributed by atoms with Gasteiger partial charge in [-0.1, -0.05) is 93.8 Å². The van der Waals surface area contributed by atoms with Crippen molar-refractivity contribution in [2.24, 2.45) is 11.8 Å². The smallest absolute Gasteiger partial charge is 0.113 e. The molecule has 1 aliphatic rings. The molecule has 0 radical (unpaired) electrons. The van der Waals surface area contributed by atoms with Crippen LogP contribution in [0.1, 0.15) is 19.4 Å². The molecule has 1 aromatic rings. The van der Waals surface area contributed by atoms with Crippen molar-refractivity contribution >= 4 is 13.4 Å². The Kier molecular flexibility index (Phi) is 5.81. The topological polar surface area (TPSA) is 0 Å². The van der Waals surface area contributed by atoms with Gasteiger partial charge < -0.3 is 0 Å². The summed E-state index contributed by atoms with van der Waals surface area (Å²) in [6, 6.07) is 10.3. The Morgan fingerprint density at radius 3 is 2.57 bits per heavy atom. The van der Waals surface area contributed by atoms with E-state index < -0.39 is 0 Å². The fourth-order valence-corrected chi connectivity index (χ4v) is 2.61. The molecule has 2 unspecified atom stereocenters. The molecule has 0 N–H and O–H groups in total. The highest BCUT2D eigenvalue weighted by Crippen LogP contribution is 2.33. The first-order valence-corrected chi connectivity index (χ1v) is 8.14. The van der Waals surface area contributed by atoms with E-state index in [1.54, 1.807) is 0 Å². The molecule has 1 heteroatoms. The Morgan fingerprint density at radius 1 is 1.22 bits per heavy atom. The monoisotopic (exact) mass is 300 g/mol. The third-order valence-corrected chi connectivity index (χ3v) is 4.26. The predicted molar refractivity (Wildman–Crippen MR) is 106 cm³/mol. The van der Waals surface area contributed by atoms with Crippen molar-refractivity contribution in [3.63, 3.8) is 0 Å². The predicted octanol–water partition coefficient (Wildman–Crippen LogP) is 5.10. The fourth-order valence-electron chi connectivity index (χ4n) is 2.61. The van der Waals surface area contributed by atoms with Crippen molar-refractivity contribution in [2.45, 2.75) is 13.8 Å². The summed E-state index contributed by atoms with van der Waals surface area (Å²) in [7, 11) is 2.11. The van der Waals surface area contributed by atoms with Crippen molar-refractivity contribution in [3.05, 3.63) is 102 Å². The van der Waals surface area contributed by atoms with Crippen LogP contribution in [-0.2, 0) is 0 Å². The molecular weight excluding hydrogens is 275 g/mol. The number of hydrogen-bond donors (Lipinski definition) is 0. The van der Waals surface area contributed by atoms with Gasteiger partial charge in [0.05, 0.1) is 0 Å². The van der Waals surface area contributed by atoms with Gasteiger partial charge in [-0.15, -0.1) is 5.47 Å². The molecule has 0 saturated carbocycles. The maximum atomic E-state index is 4.28. The highest BCUT2D eigenvalue weighted by atomic mass is 14.2. The summed E-state index contributed by atoms with van der Waals surface area (Å²) in [5, 5.41) is 0. The molecule has 0 amide bonds. The molecule has 1 aromatic carbocycles. The maximum Gasteiger partial charge on any atom is 0.133 e. The summed E-state index contributed by atoms with van der Waals surface area (Å²) in [6.07, 6.45) is 13.1. The van der Waals surface area contributed by atoms with Gasteiger partial charge in [-0.25, -0.2) is 0 Å². The summed E-state index contributed by atoms with van der Waals surface area (Å²) < 4.78 is 0. The Hall–Kier alpha value is -2.28. The quantitative estimate of drug-likeness (QED) is 0.536. The Labute approximate surface area is 141 Å². The molecule has 0 fully saturated rings. The number of hydrogen-bond acceptors (Lipinski definition) is 0. The van der Waals surface area contributed by atoms with E-state index >= 15 is 0 Å². The zero-order chi connectivity index (χ0) is 16.8. The first kappa shape index (κ1) is 17.1. The van der Waals surface area contributed by atoms with E-state index in [4.69, 9.17) is 0 Å². The van der Waals surface area contributed by atoms with E-state index in [2.05, 4.69) is 83.4 Å². The molecule has 0 aromatic heterocycles. The average Bonchev–Trinajstić information content (AvgIpc) is 2.55. The van der Waals surface area contributed by atoms with E-state index in [0.717, 1.165) is 5.57 Å². The Balaban J connectivity index is 2.13. The van der Waals surface area contributed by atoms with Crippen LogP contribution in [0.3, 0.4) is 0 Å². The number of benzene rings is 1. The molecule has 0 spiro atoms. The van der Waals surface area contributed by atoms with E-state index in [9.17, 15) is 0 Å². The van der Waals surface area contributed by atoms with Gasteiger partial charge >= 0.3 is 0 Å². The van der Waals surface area contributed by atoms with Gasteiger partial charge in [0.2, 0.25) is 0 Å². The van der Waals surface area contributed by atoms with Gasteiger partial charge in [-0.2, -0.15) is 0 Å². The third-order valence-electron chi connectivity index (χ3n) is 4.26. The largest absolute Gasteiger partial charge is 0.133 e. The Bertz CT molecular complexity index is 695. The van der Waals surface area contributed by atoms with Crippen LogP contribution in [0, 0.1) is 11.8 Å². The molecule has 2 rings (SSSR count). The molecule has 0 aliphatic heterocycles. The van der Waals surface area contributed by atoms with Crippen molar-refractivity contribution in [3.8, 4) is 0 Å². The normalized spacial score (nSPS) is 23.7. The molecule has 0 saturated heterocycles. The molecule has 2 atom stereocenters. The number of rotatable bonds is 4. The van der Waals surface area contributed by atoms with Crippen LogP contribution < -0.4 is 0 Å². The third kappa shape index (κ3) is 4.59. The van der Waals surface area contributed by atoms with Crippen molar-refractivity contribution < 1.29 is 0 Å². The fraction of sp³-hybridized carbons (Fsp3) is 0.182. The minimum absolute atomic E-state index is 0.367. The van der Waals surface area contributed by atoms with Gasteiger partial charge in [0.15, 0.2) is 0 Å². The second-order valence-corrected chi connectivity index (χ2v) is 6.37. The van der Waals surface area contributed by atoms with Gasteiger partial charge in [-0.05, 0) is 28.2 Å². The highest BCUT2D eigenvalue weighted by Gasteiger charge is 2.20. The summed E-state index contributed by atoms with van der Waals surface area (Å²) in [5.74, 6) is 0.767. The van der Waals surface area contributed by atoms with Crippen LogP contribution in [0.15, 0.2) is 96.6 Å². The van der Waals surface area contributed by atoms with E-state index in [1.807, 2.05) is 18.2 Å². The van der Waals surface area contributed by atoms with Crippen molar-refractivity contribution in [2.75, 3.05) is 0 Å². The van der Waals surface area contributed by atoms with Gasteiger partial charge in [0, 0.05) is 5.92 Å². The highest BCUT2D eigenvalue weighted by molar-refractivity contribution is 6.21. The second-order valence-electron chi connectivity index (χ2n) is 6.37. The minimum Gasteiger partial charge on any atom is -0.113 e. The van der Waals surface area contributed by atoms with Crippen molar-refractivity contribution in [1.29, 1.82) is 0 Å². The van der Waals surface area contributed by atoms with Gasteiger partial charge in [-0.3, -0.25) is 0 Å². The summed E-state index contributed by atoms with van der Waals surface area (Å²) in [6.45, 7) is 12.8.